The van der Waals surface area contributed by atoms with Gasteiger partial charge in [0.2, 0.25) is 0 Å². The van der Waals surface area contributed by atoms with Crippen molar-refractivity contribution in [3.63, 3.8) is 0 Å². The van der Waals surface area contributed by atoms with E-state index in [1.165, 1.54) is 0 Å². The molecule has 6 heteroatoms. The number of ether oxygens (including phenoxy) is 1. The van der Waals surface area contributed by atoms with Gasteiger partial charge in [0.1, 0.15) is 5.75 Å². The average molecular weight is 275 g/mol. The Bertz CT molecular complexity index is 562. The van der Waals surface area contributed by atoms with Crippen LogP contribution in [0.5, 0.6) is 5.75 Å². The normalized spacial score (nSPS) is 11.0. The third-order valence-electron chi connectivity index (χ3n) is 3.62. The summed E-state index contributed by atoms with van der Waals surface area (Å²) in [5.41, 5.74) is 7.44. The van der Waals surface area contributed by atoms with E-state index in [-0.39, 0.29) is 0 Å². The highest BCUT2D eigenvalue weighted by molar-refractivity contribution is 5.77. The summed E-state index contributed by atoms with van der Waals surface area (Å²) in [4.78, 5) is 0. The Hall–Kier alpha value is -2.11. The van der Waals surface area contributed by atoms with Crippen LogP contribution < -0.4 is 10.5 Å². The zero-order valence-electron chi connectivity index (χ0n) is 12.2. The van der Waals surface area contributed by atoms with Gasteiger partial charge in [-0.3, -0.25) is 0 Å². The third kappa shape index (κ3) is 2.74. The van der Waals surface area contributed by atoms with E-state index in [0.29, 0.717) is 23.2 Å². The van der Waals surface area contributed by atoms with Gasteiger partial charge in [-0.25, -0.2) is 4.68 Å². The van der Waals surface area contributed by atoms with Crippen molar-refractivity contribution < 1.29 is 4.74 Å². The largest absolute Gasteiger partial charge is 0.496 e. The van der Waals surface area contributed by atoms with E-state index in [9.17, 15) is 0 Å². The van der Waals surface area contributed by atoms with Crippen LogP contribution in [-0.4, -0.2) is 27.3 Å². The Morgan fingerprint density at radius 3 is 2.70 bits per heavy atom. The highest BCUT2D eigenvalue weighted by atomic mass is 16.5. The van der Waals surface area contributed by atoms with Gasteiger partial charge in [0.05, 0.1) is 12.7 Å². The molecule has 0 bridgehead atoms. The average Bonchev–Trinajstić information content (AvgIpc) is 2.92. The molecule has 0 spiro atoms. The molecule has 0 aliphatic carbocycles. The number of nitrogen functional groups attached to an aromatic ring is 1. The number of hydrogen-bond donors (Lipinski definition) is 1. The Kier molecular flexibility index (Phi) is 4.55. The number of aromatic nitrogens is 4. The molecule has 0 aliphatic heterocycles. The lowest BCUT2D eigenvalue weighted by Gasteiger charge is -2.15. The number of rotatable bonds is 6. The van der Waals surface area contributed by atoms with Crippen LogP contribution in [0.25, 0.3) is 11.4 Å². The molecule has 2 N–H and O–H groups in total. The molecular weight excluding hydrogens is 254 g/mol. The van der Waals surface area contributed by atoms with Crippen molar-refractivity contribution in [3.8, 4) is 17.1 Å². The molecule has 6 nitrogen and oxygen atoms in total. The van der Waals surface area contributed by atoms with Crippen LogP contribution in [0, 0.1) is 5.92 Å². The number of nitrogens with two attached hydrogens (primary N) is 1. The Labute approximate surface area is 118 Å². The van der Waals surface area contributed by atoms with Crippen molar-refractivity contribution >= 4 is 5.69 Å². The lowest BCUT2D eigenvalue weighted by atomic mass is 10.0. The number of nitrogens with zero attached hydrogens (tertiary/aromatic N) is 4. The summed E-state index contributed by atoms with van der Waals surface area (Å²) in [5.74, 6) is 1.89. The predicted octanol–water partition coefficient (Wildman–Crippen LogP) is 2.37. The SMILES string of the molecule is CCC(CC)Cn1nnnc1-c1c(N)cccc1OC. The van der Waals surface area contributed by atoms with Crippen molar-refractivity contribution in [1.82, 2.24) is 20.2 Å². The number of anilines is 1. The number of benzene rings is 1. The summed E-state index contributed by atoms with van der Waals surface area (Å²) in [6, 6.07) is 5.54. The second-order valence-electron chi connectivity index (χ2n) is 4.79. The van der Waals surface area contributed by atoms with Gasteiger partial charge in [-0.2, -0.15) is 0 Å². The van der Waals surface area contributed by atoms with Gasteiger partial charge in [0, 0.05) is 12.2 Å². The van der Waals surface area contributed by atoms with E-state index in [4.69, 9.17) is 10.5 Å². The van der Waals surface area contributed by atoms with Gasteiger partial charge >= 0.3 is 0 Å². The molecule has 108 valence electrons. The molecule has 2 aromatic rings. The molecule has 0 radical (unpaired) electrons. The molecule has 1 aromatic carbocycles. The van der Waals surface area contributed by atoms with Crippen LogP contribution in [0.2, 0.25) is 0 Å². The van der Waals surface area contributed by atoms with Crippen molar-refractivity contribution in [3.05, 3.63) is 18.2 Å². The topological polar surface area (TPSA) is 78.9 Å². The zero-order chi connectivity index (χ0) is 14.5. The van der Waals surface area contributed by atoms with E-state index in [2.05, 4.69) is 29.4 Å². The molecule has 1 heterocycles. The maximum atomic E-state index is 6.06. The van der Waals surface area contributed by atoms with Crippen LogP contribution in [-0.2, 0) is 6.54 Å². The number of methoxy groups -OCH3 is 1. The van der Waals surface area contributed by atoms with Crippen molar-refractivity contribution in [2.24, 2.45) is 5.92 Å². The molecule has 0 unspecified atom stereocenters. The summed E-state index contributed by atoms with van der Waals surface area (Å²) in [6.07, 6.45) is 2.19. The van der Waals surface area contributed by atoms with Gasteiger partial charge < -0.3 is 10.5 Å². The van der Waals surface area contributed by atoms with Gasteiger partial charge in [-0.1, -0.05) is 32.8 Å². The van der Waals surface area contributed by atoms with Crippen LogP contribution >= 0.6 is 0 Å². The van der Waals surface area contributed by atoms with Crippen molar-refractivity contribution in [2.75, 3.05) is 12.8 Å². The summed E-state index contributed by atoms with van der Waals surface area (Å²) in [6.45, 7) is 5.14. The molecule has 20 heavy (non-hydrogen) atoms. The van der Waals surface area contributed by atoms with E-state index in [1.54, 1.807) is 7.11 Å². The first kappa shape index (κ1) is 14.3. The summed E-state index contributed by atoms with van der Waals surface area (Å²) < 4.78 is 7.19. The fraction of sp³-hybridized carbons (Fsp3) is 0.500. The summed E-state index contributed by atoms with van der Waals surface area (Å²) in [5, 5.41) is 12.0. The molecule has 1 aromatic heterocycles. The first-order valence-electron chi connectivity index (χ1n) is 6.90. The molecule has 0 atom stereocenters. The first-order valence-corrected chi connectivity index (χ1v) is 6.90. The minimum atomic E-state index is 0.549. The standard InChI is InChI=1S/C14H21N5O/c1-4-10(5-2)9-19-14(16-17-18-19)13-11(15)7-6-8-12(13)20-3/h6-8,10H,4-5,9,15H2,1-3H3. The predicted molar refractivity (Wildman–Crippen MR) is 78.3 cm³/mol. The highest BCUT2D eigenvalue weighted by Gasteiger charge is 2.18. The number of hydrogen-bond acceptors (Lipinski definition) is 5. The zero-order valence-corrected chi connectivity index (χ0v) is 12.2. The van der Waals surface area contributed by atoms with Crippen molar-refractivity contribution in [2.45, 2.75) is 33.2 Å². The molecule has 2 rings (SSSR count). The minimum Gasteiger partial charge on any atom is -0.496 e. The van der Waals surface area contributed by atoms with Crippen LogP contribution in [0.15, 0.2) is 18.2 Å². The second-order valence-corrected chi connectivity index (χ2v) is 4.79. The Morgan fingerprint density at radius 1 is 1.30 bits per heavy atom. The molecule has 0 fully saturated rings. The lowest BCUT2D eigenvalue weighted by Crippen LogP contribution is -2.12. The fourth-order valence-electron chi connectivity index (χ4n) is 2.26. The maximum Gasteiger partial charge on any atom is 0.187 e. The van der Waals surface area contributed by atoms with Crippen LogP contribution in [0.4, 0.5) is 5.69 Å². The van der Waals surface area contributed by atoms with Gasteiger partial charge in [-0.15, -0.1) is 5.10 Å². The molecule has 0 saturated carbocycles. The first-order chi connectivity index (χ1) is 9.71. The molecular formula is C14H21N5O. The van der Waals surface area contributed by atoms with Crippen LogP contribution in [0.3, 0.4) is 0 Å². The highest BCUT2D eigenvalue weighted by Crippen LogP contribution is 2.33. The maximum absolute atomic E-state index is 6.06. The molecule has 0 aliphatic rings. The third-order valence-corrected chi connectivity index (χ3v) is 3.62. The van der Waals surface area contributed by atoms with E-state index >= 15 is 0 Å². The monoisotopic (exact) mass is 275 g/mol. The second kappa shape index (κ2) is 6.36. The van der Waals surface area contributed by atoms with E-state index in [0.717, 1.165) is 24.9 Å². The smallest absolute Gasteiger partial charge is 0.187 e. The minimum absolute atomic E-state index is 0.549. The van der Waals surface area contributed by atoms with E-state index < -0.39 is 0 Å². The molecule has 0 saturated heterocycles. The van der Waals surface area contributed by atoms with Gasteiger partial charge in [-0.05, 0) is 28.5 Å². The Morgan fingerprint density at radius 2 is 2.05 bits per heavy atom. The Balaban J connectivity index is 2.42. The molecule has 0 amide bonds. The van der Waals surface area contributed by atoms with Gasteiger partial charge in [0.15, 0.2) is 5.82 Å². The van der Waals surface area contributed by atoms with Crippen LogP contribution in [0.1, 0.15) is 26.7 Å². The quantitative estimate of drug-likeness (QED) is 0.819. The van der Waals surface area contributed by atoms with Crippen molar-refractivity contribution in [1.29, 1.82) is 0 Å². The lowest BCUT2D eigenvalue weighted by molar-refractivity contribution is 0.390. The number of tetrazole rings is 1. The van der Waals surface area contributed by atoms with E-state index in [1.807, 2.05) is 22.9 Å². The fourth-order valence-corrected chi connectivity index (χ4v) is 2.26. The van der Waals surface area contributed by atoms with Gasteiger partial charge in [0.25, 0.3) is 0 Å². The summed E-state index contributed by atoms with van der Waals surface area (Å²) in [7, 11) is 1.62. The summed E-state index contributed by atoms with van der Waals surface area (Å²) >= 11 is 0.